The van der Waals surface area contributed by atoms with Crippen LogP contribution >= 0.6 is 0 Å². The van der Waals surface area contributed by atoms with Gasteiger partial charge in [0.15, 0.2) is 0 Å². The van der Waals surface area contributed by atoms with Crippen molar-refractivity contribution in [2.75, 3.05) is 45.3 Å². The van der Waals surface area contributed by atoms with Gasteiger partial charge in [0.2, 0.25) is 21.8 Å². The third kappa shape index (κ3) is 3.56. The Labute approximate surface area is 151 Å². The Balaban J connectivity index is 1.71. The van der Waals surface area contributed by atoms with Crippen LogP contribution in [-0.2, 0) is 10.0 Å². The van der Waals surface area contributed by atoms with Gasteiger partial charge in [-0.15, -0.1) is 0 Å². The smallest absolute Gasteiger partial charge is 0.255 e. The summed E-state index contributed by atoms with van der Waals surface area (Å²) >= 11 is 0. The zero-order valence-corrected chi connectivity index (χ0v) is 15.2. The van der Waals surface area contributed by atoms with Crippen LogP contribution in [0.4, 0.5) is 10.3 Å². The number of piperazine rings is 1. The molecule has 10 heteroatoms. The topological polar surface area (TPSA) is 84.9 Å². The molecular formula is C16H19FN4O4S. The predicted molar refractivity (Wildman–Crippen MR) is 92.5 cm³/mol. The van der Waals surface area contributed by atoms with Crippen LogP contribution in [0.3, 0.4) is 0 Å². The van der Waals surface area contributed by atoms with Crippen LogP contribution in [0.1, 0.15) is 0 Å². The Morgan fingerprint density at radius 1 is 1.04 bits per heavy atom. The number of anilines is 1. The van der Waals surface area contributed by atoms with Crippen LogP contribution in [0, 0.1) is 5.82 Å². The molecule has 0 radical (unpaired) electrons. The van der Waals surface area contributed by atoms with E-state index in [-0.39, 0.29) is 23.9 Å². The fraction of sp³-hybridized carbons (Fsp3) is 0.375. The van der Waals surface area contributed by atoms with E-state index in [0.29, 0.717) is 24.8 Å². The number of hydrogen-bond donors (Lipinski definition) is 0. The van der Waals surface area contributed by atoms with Crippen LogP contribution in [0.25, 0.3) is 0 Å². The summed E-state index contributed by atoms with van der Waals surface area (Å²) in [6.07, 6.45) is 1.04. The van der Waals surface area contributed by atoms with Crippen LogP contribution < -0.4 is 14.4 Å². The maximum Gasteiger partial charge on any atom is 0.255 e. The van der Waals surface area contributed by atoms with Gasteiger partial charge in [0.05, 0.1) is 25.3 Å². The van der Waals surface area contributed by atoms with Crippen molar-refractivity contribution in [1.82, 2.24) is 14.3 Å². The summed E-state index contributed by atoms with van der Waals surface area (Å²) in [5.41, 5.74) is 0. The normalized spacial score (nSPS) is 15.7. The van der Waals surface area contributed by atoms with Crippen molar-refractivity contribution >= 4 is 16.0 Å². The summed E-state index contributed by atoms with van der Waals surface area (Å²) in [5, 5.41) is 0. The molecule has 2 aromatic rings. The highest BCUT2D eigenvalue weighted by Gasteiger charge is 2.29. The minimum atomic E-state index is -3.59. The van der Waals surface area contributed by atoms with E-state index in [1.54, 1.807) is 17.0 Å². The maximum atomic E-state index is 13.4. The number of halogens is 1. The number of ether oxygens (including phenoxy) is 2. The Kier molecular flexibility index (Phi) is 5.23. The van der Waals surface area contributed by atoms with Gasteiger partial charge in [-0.2, -0.15) is 13.7 Å². The molecule has 1 fully saturated rings. The zero-order chi connectivity index (χ0) is 18.7. The summed E-state index contributed by atoms with van der Waals surface area (Å²) < 4.78 is 50.2. The first-order chi connectivity index (χ1) is 12.5. The Morgan fingerprint density at radius 2 is 1.69 bits per heavy atom. The Morgan fingerprint density at radius 3 is 2.27 bits per heavy atom. The molecule has 0 amide bonds. The van der Waals surface area contributed by atoms with E-state index in [2.05, 4.69) is 9.97 Å². The van der Waals surface area contributed by atoms with Crippen LogP contribution in [-0.4, -0.2) is 63.1 Å². The van der Waals surface area contributed by atoms with Crippen molar-refractivity contribution in [3.8, 4) is 11.6 Å². The molecule has 1 saturated heterocycles. The molecule has 3 rings (SSSR count). The number of nitrogens with zero attached hydrogens (tertiary/aromatic N) is 4. The van der Waals surface area contributed by atoms with E-state index < -0.39 is 15.8 Å². The molecule has 0 unspecified atom stereocenters. The fourth-order valence-electron chi connectivity index (χ4n) is 2.66. The molecule has 8 nitrogen and oxygen atoms in total. The summed E-state index contributed by atoms with van der Waals surface area (Å²) in [6, 6.07) is 6.27. The molecule has 2 heterocycles. The number of benzene rings is 1. The average Bonchev–Trinajstić information content (AvgIpc) is 2.68. The van der Waals surface area contributed by atoms with Gasteiger partial charge in [-0.25, -0.2) is 13.4 Å². The van der Waals surface area contributed by atoms with Crippen LogP contribution in [0.2, 0.25) is 0 Å². The summed E-state index contributed by atoms with van der Waals surface area (Å²) in [5.74, 6) is 0.126. The largest absolute Gasteiger partial charge is 0.497 e. The third-order valence-corrected chi connectivity index (χ3v) is 6.02. The van der Waals surface area contributed by atoms with Crippen molar-refractivity contribution in [2.24, 2.45) is 0 Å². The standard InChI is InChI=1S/C16H19FN4O4S/c1-24-12-3-5-13(6-4-12)26(22,23)21-9-7-20(8-10-21)16-18-11-14(17)15(19-16)25-2/h3-6,11H,7-10H2,1-2H3. The number of methoxy groups -OCH3 is 2. The van der Waals surface area contributed by atoms with Gasteiger partial charge in [0.25, 0.3) is 5.88 Å². The molecule has 0 spiro atoms. The van der Waals surface area contributed by atoms with Crippen molar-refractivity contribution in [1.29, 1.82) is 0 Å². The first-order valence-electron chi connectivity index (χ1n) is 7.91. The van der Waals surface area contributed by atoms with Crippen molar-refractivity contribution in [2.45, 2.75) is 4.90 Å². The lowest BCUT2D eigenvalue weighted by molar-refractivity contribution is 0.361. The molecule has 0 aliphatic carbocycles. The lowest BCUT2D eigenvalue weighted by atomic mass is 10.3. The van der Waals surface area contributed by atoms with Gasteiger partial charge in [-0.1, -0.05) is 0 Å². The van der Waals surface area contributed by atoms with E-state index in [4.69, 9.17) is 9.47 Å². The highest BCUT2D eigenvalue weighted by Crippen LogP contribution is 2.22. The first-order valence-corrected chi connectivity index (χ1v) is 9.35. The second-order valence-electron chi connectivity index (χ2n) is 5.59. The molecule has 0 saturated carbocycles. The third-order valence-electron chi connectivity index (χ3n) is 4.11. The lowest BCUT2D eigenvalue weighted by Gasteiger charge is -2.34. The van der Waals surface area contributed by atoms with Crippen molar-refractivity contribution in [3.63, 3.8) is 0 Å². The molecular weight excluding hydrogens is 363 g/mol. The molecule has 1 aliphatic rings. The second kappa shape index (κ2) is 7.42. The van der Waals surface area contributed by atoms with Gasteiger partial charge in [0, 0.05) is 26.2 Å². The Bertz CT molecular complexity index is 868. The van der Waals surface area contributed by atoms with E-state index in [1.165, 1.54) is 30.7 Å². The maximum absolute atomic E-state index is 13.4. The van der Waals surface area contributed by atoms with Gasteiger partial charge >= 0.3 is 0 Å². The summed E-state index contributed by atoms with van der Waals surface area (Å²) in [6.45, 7) is 1.34. The molecule has 1 aromatic heterocycles. The molecule has 1 aromatic carbocycles. The van der Waals surface area contributed by atoms with Gasteiger partial charge < -0.3 is 14.4 Å². The zero-order valence-electron chi connectivity index (χ0n) is 14.4. The quantitative estimate of drug-likeness (QED) is 0.767. The van der Waals surface area contributed by atoms with Crippen LogP contribution in [0.15, 0.2) is 35.4 Å². The minimum Gasteiger partial charge on any atom is -0.497 e. The van der Waals surface area contributed by atoms with E-state index in [1.807, 2.05) is 0 Å². The van der Waals surface area contributed by atoms with Crippen molar-refractivity contribution in [3.05, 3.63) is 36.3 Å². The molecule has 1 aliphatic heterocycles. The summed E-state index contributed by atoms with van der Waals surface area (Å²) in [7, 11) is -0.736. The molecule has 140 valence electrons. The molecule has 0 bridgehead atoms. The van der Waals surface area contributed by atoms with Gasteiger partial charge in [0.1, 0.15) is 5.75 Å². The summed E-state index contributed by atoms with van der Waals surface area (Å²) in [4.78, 5) is 9.98. The van der Waals surface area contributed by atoms with Gasteiger partial charge in [-0.3, -0.25) is 0 Å². The first kappa shape index (κ1) is 18.3. The predicted octanol–water partition coefficient (Wildman–Crippen LogP) is 1.14. The highest BCUT2D eigenvalue weighted by molar-refractivity contribution is 7.89. The molecule has 0 N–H and O–H groups in total. The monoisotopic (exact) mass is 382 g/mol. The van der Waals surface area contributed by atoms with E-state index >= 15 is 0 Å². The SMILES string of the molecule is COc1ccc(S(=O)(=O)N2CCN(c3ncc(F)c(OC)n3)CC2)cc1. The van der Waals surface area contributed by atoms with E-state index in [0.717, 1.165) is 6.20 Å². The van der Waals surface area contributed by atoms with Crippen LogP contribution in [0.5, 0.6) is 11.6 Å². The highest BCUT2D eigenvalue weighted by atomic mass is 32.2. The number of rotatable bonds is 5. The second-order valence-corrected chi connectivity index (χ2v) is 7.53. The Hall–Kier alpha value is -2.46. The molecule has 26 heavy (non-hydrogen) atoms. The van der Waals surface area contributed by atoms with E-state index in [9.17, 15) is 12.8 Å². The van der Waals surface area contributed by atoms with Crippen molar-refractivity contribution < 1.29 is 22.3 Å². The number of hydrogen-bond acceptors (Lipinski definition) is 7. The lowest BCUT2D eigenvalue weighted by Crippen LogP contribution is -2.49. The van der Waals surface area contributed by atoms with Gasteiger partial charge in [-0.05, 0) is 24.3 Å². The number of aromatic nitrogens is 2. The average molecular weight is 382 g/mol. The minimum absolute atomic E-state index is 0.136. The number of sulfonamides is 1. The fourth-order valence-corrected chi connectivity index (χ4v) is 4.09. The molecule has 0 atom stereocenters.